The summed E-state index contributed by atoms with van der Waals surface area (Å²) in [6.07, 6.45) is -4.16. The summed E-state index contributed by atoms with van der Waals surface area (Å²) in [6, 6.07) is 4.19. The van der Waals surface area contributed by atoms with Crippen molar-refractivity contribution in [1.82, 2.24) is 0 Å². The fourth-order valence-corrected chi connectivity index (χ4v) is 1.23. The van der Waals surface area contributed by atoms with Crippen LogP contribution in [-0.4, -0.2) is 12.7 Å². The molecule has 0 bridgehead atoms. The Kier molecular flexibility index (Phi) is 5.20. The van der Waals surface area contributed by atoms with Crippen LogP contribution in [0.25, 0.3) is 0 Å². The molecule has 106 valence electrons. The van der Waals surface area contributed by atoms with E-state index in [9.17, 15) is 18.0 Å². The van der Waals surface area contributed by atoms with Crippen LogP contribution in [0, 0.1) is 5.92 Å². The van der Waals surface area contributed by atoms with Gasteiger partial charge in [-0.2, -0.15) is 13.2 Å². The van der Waals surface area contributed by atoms with E-state index in [1.807, 2.05) is 13.8 Å². The number of hydrogen-bond acceptors (Lipinski definition) is 2. The number of carbonyl (C=O) groups is 1. The number of nitrogens with one attached hydrogen (secondary N) is 1. The van der Waals surface area contributed by atoms with Crippen molar-refractivity contribution in [3.63, 3.8) is 0 Å². The third-order valence-electron chi connectivity index (χ3n) is 2.65. The summed E-state index contributed by atoms with van der Waals surface area (Å²) in [5, 5.41) is 2.37. The quantitative estimate of drug-likeness (QED) is 0.889. The number of halogens is 3. The van der Waals surface area contributed by atoms with Gasteiger partial charge in [0.1, 0.15) is 0 Å². The maximum absolute atomic E-state index is 12.3. The SMILES string of the molecule is CC[C@H](C)COC(=O)Nc1ccc(C(F)(F)F)cc1. The zero-order valence-electron chi connectivity index (χ0n) is 10.8. The minimum Gasteiger partial charge on any atom is -0.449 e. The highest BCUT2D eigenvalue weighted by Crippen LogP contribution is 2.29. The first kappa shape index (κ1) is 15.3. The van der Waals surface area contributed by atoms with Crippen molar-refractivity contribution in [2.24, 2.45) is 5.92 Å². The van der Waals surface area contributed by atoms with Crippen LogP contribution in [0.4, 0.5) is 23.7 Å². The van der Waals surface area contributed by atoms with Crippen LogP contribution in [0.1, 0.15) is 25.8 Å². The van der Waals surface area contributed by atoms with Gasteiger partial charge in [0.15, 0.2) is 0 Å². The van der Waals surface area contributed by atoms with Gasteiger partial charge in [0.2, 0.25) is 0 Å². The Labute approximate surface area is 109 Å². The molecule has 1 aromatic rings. The maximum Gasteiger partial charge on any atom is 0.416 e. The molecule has 0 unspecified atom stereocenters. The lowest BCUT2D eigenvalue weighted by Gasteiger charge is -2.11. The first-order valence-corrected chi connectivity index (χ1v) is 5.94. The first-order valence-electron chi connectivity index (χ1n) is 5.94. The zero-order valence-corrected chi connectivity index (χ0v) is 10.8. The number of carbonyl (C=O) groups excluding carboxylic acids is 1. The largest absolute Gasteiger partial charge is 0.449 e. The van der Waals surface area contributed by atoms with E-state index in [0.29, 0.717) is 0 Å². The van der Waals surface area contributed by atoms with Crippen LogP contribution in [0.5, 0.6) is 0 Å². The van der Waals surface area contributed by atoms with Crippen molar-refractivity contribution in [3.05, 3.63) is 29.8 Å². The number of amides is 1. The van der Waals surface area contributed by atoms with Crippen molar-refractivity contribution in [2.75, 3.05) is 11.9 Å². The Morgan fingerprint density at radius 3 is 2.37 bits per heavy atom. The molecule has 0 spiro atoms. The van der Waals surface area contributed by atoms with Crippen LogP contribution in [0.3, 0.4) is 0 Å². The summed E-state index contributed by atoms with van der Waals surface area (Å²) >= 11 is 0. The van der Waals surface area contributed by atoms with Crippen molar-refractivity contribution < 1.29 is 22.7 Å². The summed E-state index contributed by atoms with van der Waals surface area (Å²) in [6.45, 7) is 4.19. The lowest BCUT2D eigenvalue weighted by Crippen LogP contribution is -2.17. The maximum atomic E-state index is 12.3. The molecule has 1 rings (SSSR count). The van der Waals surface area contributed by atoms with Gasteiger partial charge in [0.25, 0.3) is 0 Å². The Morgan fingerprint density at radius 2 is 1.89 bits per heavy atom. The normalized spacial score (nSPS) is 12.9. The van der Waals surface area contributed by atoms with Gasteiger partial charge < -0.3 is 4.74 Å². The molecular formula is C13H16F3NO2. The van der Waals surface area contributed by atoms with Crippen molar-refractivity contribution >= 4 is 11.8 Å². The molecule has 1 aromatic carbocycles. The van der Waals surface area contributed by atoms with Gasteiger partial charge in [-0.15, -0.1) is 0 Å². The van der Waals surface area contributed by atoms with E-state index in [-0.39, 0.29) is 18.2 Å². The lowest BCUT2D eigenvalue weighted by atomic mass is 10.1. The number of anilines is 1. The van der Waals surface area contributed by atoms with E-state index < -0.39 is 17.8 Å². The van der Waals surface area contributed by atoms with Crippen molar-refractivity contribution in [3.8, 4) is 0 Å². The molecule has 3 nitrogen and oxygen atoms in total. The number of ether oxygens (including phenoxy) is 1. The Bertz CT molecular complexity index is 415. The second-order valence-electron chi connectivity index (χ2n) is 4.31. The summed E-state index contributed by atoms with van der Waals surface area (Å²) in [4.78, 5) is 11.4. The van der Waals surface area contributed by atoms with Crippen LogP contribution in [0.15, 0.2) is 24.3 Å². The summed E-state index contributed by atoms with van der Waals surface area (Å²) in [5.41, 5.74) is -0.492. The third kappa shape index (κ3) is 5.19. The molecule has 1 atom stereocenters. The number of rotatable bonds is 4. The monoisotopic (exact) mass is 275 g/mol. The predicted molar refractivity (Wildman–Crippen MR) is 65.9 cm³/mol. The summed E-state index contributed by atoms with van der Waals surface area (Å²) in [5.74, 6) is 0.248. The van der Waals surface area contributed by atoms with Gasteiger partial charge in [-0.3, -0.25) is 5.32 Å². The number of benzene rings is 1. The van der Waals surface area contributed by atoms with Crippen LogP contribution >= 0.6 is 0 Å². The molecule has 1 N–H and O–H groups in total. The molecule has 0 radical (unpaired) electrons. The highest BCUT2D eigenvalue weighted by atomic mass is 19.4. The van der Waals surface area contributed by atoms with Crippen LogP contribution in [0.2, 0.25) is 0 Å². The number of hydrogen-bond donors (Lipinski definition) is 1. The van der Waals surface area contributed by atoms with E-state index in [1.165, 1.54) is 12.1 Å². The van der Waals surface area contributed by atoms with Crippen molar-refractivity contribution in [1.29, 1.82) is 0 Å². The Hall–Kier alpha value is -1.72. The van der Waals surface area contributed by atoms with Crippen LogP contribution < -0.4 is 5.32 Å². The molecule has 0 aliphatic carbocycles. The molecule has 0 saturated heterocycles. The zero-order chi connectivity index (χ0) is 14.5. The molecule has 0 aliphatic heterocycles. The van der Waals surface area contributed by atoms with E-state index in [2.05, 4.69) is 5.32 Å². The van der Waals surface area contributed by atoms with Gasteiger partial charge >= 0.3 is 12.3 Å². The second-order valence-corrected chi connectivity index (χ2v) is 4.31. The van der Waals surface area contributed by atoms with Gasteiger partial charge in [0, 0.05) is 5.69 Å². The lowest BCUT2D eigenvalue weighted by molar-refractivity contribution is -0.137. The summed E-state index contributed by atoms with van der Waals surface area (Å²) < 4.78 is 41.9. The van der Waals surface area contributed by atoms with Gasteiger partial charge in [0.05, 0.1) is 12.2 Å². The highest BCUT2D eigenvalue weighted by Gasteiger charge is 2.29. The fraction of sp³-hybridized carbons (Fsp3) is 0.462. The second kappa shape index (κ2) is 6.45. The predicted octanol–water partition coefficient (Wildman–Crippen LogP) is 4.30. The Balaban J connectivity index is 2.51. The molecule has 0 fully saturated rings. The molecule has 6 heteroatoms. The fourth-order valence-electron chi connectivity index (χ4n) is 1.23. The standard InChI is InChI=1S/C13H16F3NO2/c1-3-9(2)8-19-12(18)17-11-6-4-10(5-7-11)13(14,15)16/h4-7,9H,3,8H2,1-2H3,(H,17,18)/t9-/m0/s1. The average molecular weight is 275 g/mol. The molecule has 0 aliphatic rings. The topological polar surface area (TPSA) is 38.3 Å². The van der Waals surface area contributed by atoms with Crippen LogP contribution in [-0.2, 0) is 10.9 Å². The Morgan fingerprint density at radius 1 is 1.32 bits per heavy atom. The van der Waals surface area contributed by atoms with E-state index in [4.69, 9.17) is 4.74 Å². The van der Waals surface area contributed by atoms with Crippen molar-refractivity contribution in [2.45, 2.75) is 26.4 Å². The minimum absolute atomic E-state index is 0.248. The van der Waals surface area contributed by atoms with E-state index >= 15 is 0 Å². The molecule has 1 amide bonds. The summed E-state index contributed by atoms with van der Waals surface area (Å²) in [7, 11) is 0. The first-order chi connectivity index (χ1) is 8.82. The molecule has 0 heterocycles. The molecule has 19 heavy (non-hydrogen) atoms. The minimum atomic E-state index is -4.38. The van der Waals surface area contributed by atoms with Gasteiger partial charge in [-0.05, 0) is 30.2 Å². The third-order valence-corrected chi connectivity index (χ3v) is 2.65. The molecule has 0 saturated carbocycles. The average Bonchev–Trinajstić information content (AvgIpc) is 2.35. The van der Waals surface area contributed by atoms with Gasteiger partial charge in [-0.25, -0.2) is 4.79 Å². The molecular weight excluding hydrogens is 259 g/mol. The van der Waals surface area contributed by atoms with E-state index in [0.717, 1.165) is 18.6 Å². The number of alkyl halides is 3. The van der Waals surface area contributed by atoms with E-state index in [1.54, 1.807) is 0 Å². The molecule has 0 aromatic heterocycles. The van der Waals surface area contributed by atoms with Gasteiger partial charge in [-0.1, -0.05) is 20.3 Å². The highest BCUT2D eigenvalue weighted by molar-refractivity contribution is 5.84. The smallest absolute Gasteiger partial charge is 0.416 e.